The molecular formula is C10H10ClNOS. The van der Waals surface area contributed by atoms with Gasteiger partial charge in [0, 0.05) is 11.4 Å². The van der Waals surface area contributed by atoms with Crippen molar-refractivity contribution in [2.45, 2.75) is 13.0 Å². The summed E-state index contributed by atoms with van der Waals surface area (Å²) in [5.74, 6) is 0.000160. The van der Waals surface area contributed by atoms with Gasteiger partial charge in [0.05, 0.1) is 10.9 Å². The van der Waals surface area contributed by atoms with E-state index in [4.69, 9.17) is 11.6 Å². The number of hydrogen-bond donors (Lipinski definition) is 0. The van der Waals surface area contributed by atoms with Gasteiger partial charge in [-0.25, -0.2) is 0 Å². The third-order valence-corrected chi connectivity index (χ3v) is 3.63. The fourth-order valence-corrected chi connectivity index (χ4v) is 2.96. The van der Waals surface area contributed by atoms with Crippen molar-refractivity contribution in [2.75, 3.05) is 6.54 Å². The zero-order valence-electron chi connectivity index (χ0n) is 7.62. The lowest BCUT2D eigenvalue weighted by atomic mass is 10.1. The monoisotopic (exact) mass is 227 g/mol. The molecule has 0 unspecified atom stereocenters. The minimum atomic E-state index is 0.000160. The Balaban J connectivity index is 2.20. The second-order valence-electron chi connectivity index (χ2n) is 3.21. The minimum absolute atomic E-state index is 0.000160. The second-order valence-corrected chi connectivity index (χ2v) is 4.98. The Labute approximate surface area is 91.8 Å². The highest BCUT2D eigenvalue weighted by atomic mass is 35.5. The molecule has 0 radical (unpaired) electrons. The molecule has 0 aromatic carbocycles. The Morgan fingerprint density at radius 2 is 2.50 bits per heavy atom. The lowest BCUT2D eigenvalue weighted by Gasteiger charge is -2.25. The number of carbonyl (C=O) groups is 1. The van der Waals surface area contributed by atoms with Crippen molar-refractivity contribution in [2.24, 2.45) is 0 Å². The number of amides is 1. The molecule has 74 valence electrons. The van der Waals surface area contributed by atoms with Gasteiger partial charge in [0.15, 0.2) is 0 Å². The first-order valence-electron chi connectivity index (χ1n) is 4.39. The van der Waals surface area contributed by atoms with Crippen LogP contribution in [0.2, 0.25) is 4.34 Å². The van der Waals surface area contributed by atoms with E-state index >= 15 is 0 Å². The summed E-state index contributed by atoms with van der Waals surface area (Å²) in [6.07, 6.45) is 2.26. The average Bonchev–Trinajstić information content (AvgIpc) is 2.55. The summed E-state index contributed by atoms with van der Waals surface area (Å²) in [5, 5.41) is 0. The highest BCUT2D eigenvalue weighted by Crippen LogP contribution is 2.31. The van der Waals surface area contributed by atoms with Crippen molar-refractivity contribution in [1.82, 2.24) is 4.90 Å². The summed E-state index contributed by atoms with van der Waals surface area (Å²) in [7, 11) is 0. The van der Waals surface area contributed by atoms with Crippen LogP contribution in [0.4, 0.5) is 0 Å². The van der Waals surface area contributed by atoms with E-state index in [0.717, 1.165) is 17.3 Å². The highest BCUT2D eigenvalue weighted by molar-refractivity contribution is 7.16. The van der Waals surface area contributed by atoms with Crippen LogP contribution < -0.4 is 0 Å². The molecule has 0 N–H and O–H groups in total. The molecule has 14 heavy (non-hydrogen) atoms. The molecule has 2 rings (SSSR count). The van der Waals surface area contributed by atoms with Crippen LogP contribution in [-0.2, 0) is 17.8 Å². The maximum absolute atomic E-state index is 11.4. The molecule has 2 nitrogen and oxygen atoms in total. The number of thiophene rings is 1. The van der Waals surface area contributed by atoms with Gasteiger partial charge in [-0.1, -0.05) is 18.2 Å². The van der Waals surface area contributed by atoms with Gasteiger partial charge in [0.25, 0.3) is 0 Å². The first-order chi connectivity index (χ1) is 6.70. The van der Waals surface area contributed by atoms with Crippen LogP contribution in [0.1, 0.15) is 10.4 Å². The fourth-order valence-electron chi connectivity index (χ4n) is 1.60. The summed E-state index contributed by atoms with van der Waals surface area (Å²) < 4.78 is 0.808. The van der Waals surface area contributed by atoms with E-state index in [9.17, 15) is 4.79 Å². The van der Waals surface area contributed by atoms with Crippen LogP contribution >= 0.6 is 22.9 Å². The average molecular weight is 228 g/mol. The fraction of sp³-hybridized carbons (Fsp3) is 0.300. The predicted molar refractivity (Wildman–Crippen MR) is 58.6 cm³/mol. The number of carbonyl (C=O) groups excluding carboxylic acids is 1. The molecule has 2 heterocycles. The van der Waals surface area contributed by atoms with Gasteiger partial charge in [-0.3, -0.25) is 4.79 Å². The molecule has 1 aromatic heterocycles. The number of rotatable bonds is 1. The van der Waals surface area contributed by atoms with E-state index in [2.05, 4.69) is 6.58 Å². The van der Waals surface area contributed by atoms with Gasteiger partial charge in [-0.2, -0.15) is 0 Å². The Hall–Kier alpha value is -0.800. The highest BCUT2D eigenvalue weighted by Gasteiger charge is 2.20. The van der Waals surface area contributed by atoms with Crippen LogP contribution in [0.25, 0.3) is 0 Å². The van der Waals surface area contributed by atoms with Crippen molar-refractivity contribution in [3.63, 3.8) is 0 Å². The Morgan fingerprint density at radius 3 is 3.21 bits per heavy atom. The molecule has 1 aliphatic heterocycles. The van der Waals surface area contributed by atoms with Crippen molar-refractivity contribution in [1.29, 1.82) is 0 Å². The molecular weight excluding hydrogens is 218 g/mol. The lowest BCUT2D eigenvalue weighted by Crippen LogP contribution is -2.33. The van der Waals surface area contributed by atoms with E-state index in [1.54, 1.807) is 16.2 Å². The minimum Gasteiger partial charge on any atom is -0.334 e. The van der Waals surface area contributed by atoms with Crippen LogP contribution in [-0.4, -0.2) is 17.4 Å². The first-order valence-corrected chi connectivity index (χ1v) is 5.58. The quantitative estimate of drug-likeness (QED) is 0.675. The van der Waals surface area contributed by atoms with Gasteiger partial charge >= 0.3 is 0 Å². The zero-order chi connectivity index (χ0) is 10.1. The summed E-state index contributed by atoms with van der Waals surface area (Å²) in [4.78, 5) is 14.4. The third kappa shape index (κ3) is 1.70. The maximum atomic E-state index is 11.4. The molecule has 1 amide bonds. The van der Waals surface area contributed by atoms with Gasteiger partial charge in [0.2, 0.25) is 5.91 Å². The first kappa shape index (κ1) is 9.74. The van der Waals surface area contributed by atoms with Crippen LogP contribution in [0.3, 0.4) is 0 Å². The predicted octanol–water partition coefficient (Wildman–Crippen LogP) is 2.47. The van der Waals surface area contributed by atoms with Gasteiger partial charge in [-0.05, 0) is 24.1 Å². The van der Waals surface area contributed by atoms with Gasteiger partial charge in [0.1, 0.15) is 0 Å². The molecule has 0 saturated carbocycles. The van der Waals surface area contributed by atoms with E-state index < -0.39 is 0 Å². The molecule has 0 aliphatic carbocycles. The van der Waals surface area contributed by atoms with Crippen molar-refractivity contribution >= 4 is 28.8 Å². The molecule has 1 aromatic rings. The molecule has 0 fully saturated rings. The van der Waals surface area contributed by atoms with E-state index in [0.29, 0.717) is 6.54 Å². The third-order valence-electron chi connectivity index (χ3n) is 2.34. The van der Waals surface area contributed by atoms with Gasteiger partial charge < -0.3 is 4.90 Å². The normalized spacial score (nSPS) is 15.1. The van der Waals surface area contributed by atoms with Crippen LogP contribution in [0.15, 0.2) is 18.7 Å². The standard InChI is InChI=1S/C10H10ClNOS/c1-2-10(13)12-4-3-7-5-9(11)14-8(7)6-12/h2,5H,1,3-4,6H2. The zero-order valence-corrected chi connectivity index (χ0v) is 9.20. The molecule has 1 aliphatic rings. The van der Waals surface area contributed by atoms with Crippen molar-refractivity contribution in [3.05, 3.63) is 33.5 Å². The Kier molecular flexibility index (Phi) is 2.61. The largest absolute Gasteiger partial charge is 0.334 e. The molecule has 4 heteroatoms. The van der Waals surface area contributed by atoms with E-state index in [-0.39, 0.29) is 5.91 Å². The van der Waals surface area contributed by atoms with E-state index in [1.165, 1.54) is 16.5 Å². The van der Waals surface area contributed by atoms with Crippen molar-refractivity contribution < 1.29 is 4.79 Å². The molecule has 0 saturated heterocycles. The van der Waals surface area contributed by atoms with Gasteiger partial charge in [-0.15, -0.1) is 11.3 Å². The van der Waals surface area contributed by atoms with E-state index in [1.807, 2.05) is 6.07 Å². The second kappa shape index (κ2) is 3.75. The van der Waals surface area contributed by atoms with Crippen molar-refractivity contribution in [3.8, 4) is 0 Å². The van der Waals surface area contributed by atoms with Crippen LogP contribution in [0, 0.1) is 0 Å². The topological polar surface area (TPSA) is 20.3 Å². The summed E-state index contributed by atoms with van der Waals surface area (Å²) in [6, 6.07) is 2.00. The number of fused-ring (bicyclic) bond motifs is 1. The Bertz CT molecular complexity index is 385. The smallest absolute Gasteiger partial charge is 0.246 e. The number of hydrogen-bond acceptors (Lipinski definition) is 2. The number of halogens is 1. The Morgan fingerprint density at radius 1 is 1.71 bits per heavy atom. The summed E-state index contributed by atoms with van der Waals surface area (Å²) in [5.41, 5.74) is 1.29. The molecule has 0 bridgehead atoms. The number of nitrogens with zero attached hydrogens (tertiary/aromatic N) is 1. The molecule has 0 atom stereocenters. The van der Waals surface area contributed by atoms with Crippen LogP contribution in [0.5, 0.6) is 0 Å². The molecule has 0 spiro atoms. The SMILES string of the molecule is C=CC(=O)N1CCc2cc(Cl)sc2C1. The summed E-state index contributed by atoms with van der Waals surface area (Å²) >= 11 is 7.47. The summed E-state index contributed by atoms with van der Waals surface area (Å²) in [6.45, 7) is 4.93. The lowest BCUT2D eigenvalue weighted by molar-refractivity contribution is -0.126. The maximum Gasteiger partial charge on any atom is 0.246 e.